The molecule has 1 aromatic carbocycles. The summed E-state index contributed by atoms with van der Waals surface area (Å²) in [5, 5.41) is 0. The maximum atomic E-state index is 12.0. The Morgan fingerprint density at radius 2 is 2.00 bits per heavy atom. The number of amides is 1. The number of rotatable bonds is 5. The van der Waals surface area contributed by atoms with Crippen molar-refractivity contribution in [3.05, 3.63) is 29.8 Å². The first-order chi connectivity index (χ1) is 10.6. The van der Waals surface area contributed by atoms with E-state index in [0.717, 1.165) is 25.9 Å². The van der Waals surface area contributed by atoms with Crippen LogP contribution < -0.4 is 4.74 Å². The number of hydrogen-bond donors (Lipinski definition) is 0. The maximum absolute atomic E-state index is 12.0. The second-order valence-electron chi connectivity index (χ2n) is 5.62. The van der Waals surface area contributed by atoms with Crippen LogP contribution >= 0.6 is 0 Å². The molecule has 1 unspecified atom stereocenters. The van der Waals surface area contributed by atoms with Gasteiger partial charge in [-0.1, -0.05) is 6.92 Å². The van der Waals surface area contributed by atoms with Crippen molar-refractivity contribution in [3.63, 3.8) is 0 Å². The Balaban J connectivity index is 1.82. The molecule has 5 nitrogen and oxygen atoms in total. The van der Waals surface area contributed by atoms with E-state index in [1.165, 1.54) is 0 Å². The number of benzene rings is 1. The molecule has 0 bridgehead atoms. The Kier molecular flexibility index (Phi) is 5.81. The third-order valence-electron chi connectivity index (χ3n) is 3.74. The Labute approximate surface area is 131 Å². The van der Waals surface area contributed by atoms with Crippen molar-refractivity contribution in [2.24, 2.45) is 5.92 Å². The Bertz CT molecular complexity index is 512. The standard InChI is InChI=1S/C17H23NO4/c1-3-21-15-8-6-14(7-9-15)17(20)22-12-16(19)18-10-4-5-13(2)11-18/h6-9,13H,3-5,10-12H2,1-2H3. The van der Waals surface area contributed by atoms with Crippen LogP contribution in [0.3, 0.4) is 0 Å². The van der Waals surface area contributed by atoms with Crippen molar-refractivity contribution in [1.29, 1.82) is 0 Å². The van der Waals surface area contributed by atoms with E-state index in [0.29, 0.717) is 23.8 Å². The molecule has 1 aliphatic heterocycles. The second kappa shape index (κ2) is 7.82. The lowest BCUT2D eigenvalue weighted by Gasteiger charge is -2.30. The first-order valence-electron chi connectivity index (χ1n) is 7.78. The number of esters is 1. The van der Waals surface area contributed by atoms with E-state index in [-0.39, 0.29) is 12.5 Å². The maximum Gasteiger partial charge on any atom is 0.338 e. The summed E-state index contributed by atoms with van der Waals surface area (Å²) in [5.41, 5.74) is 0.420. The monoisotopic (exact) mass is 305 g/mol. The lowest BCUT2D eigenvalue weighted by Crippen LogP contribution is -2.41. The van der Waals surface area contributed by atoms with E-state index in [9.17, 15) is 9.59 Å². The van der Waals surface area contributed by atoms with Crippen LogP contribution in [0.4, 0.5) is 0 Å². The fourth-order valence-corrected chi connectivity index (χ4v) is 2.57. The summed E-state index contributed by atoms with van der Waals surface area (Å²) in [6, 6.07) is 6.71. The minimum Gasteiger partial charge on any atom is -0.494 e. The highest BCUT2D eigenvalue weighted by Crippen LogP contribution is 2.16. The lowest BCUT2D eigenvalue weighted by molar-refractivity contribution is -0.136. The summed E-state index contributed by atoms with van der Waals surface area (Å²) in [4.78, 5) is 25.8. The van der Waals surface area contributed by atoms with Gasteiger partial charge in [-0.3, -0.25) is 4.79 Å². The van der Waals surface area contributed by atoms with Gasteiger partial charge in [0, 0.05) is 13.1 Å². The van der Waals surface area contributed by atoms with Gasteiger partial charge in [0.2, 0.25) is 0 Å². The van der Waals surface area contributed by atoms with Gasteiger partial charge in [0.1, 0.15) is 5.75 Å². The van der Waals surface area contributed by atoms with Crippen LogP contribution in [0.15, 0.2) is 24.3 Å². The molecular formula is C17H23NO4. The van der Waals surface area contributed by atoms with E-state index >= 15 is 0 Å². The largest absolute Gasteiger partial charge is 0.494 e. The zero-order valence-corrected chi connectivity index (χ0v) is 13.2. The minimum atomic E-state index is -0.485. The van der Waals surface area contributed by atoms with Crippen molar-refractivity contribution < 1.29 is 19.1 Å². The van der Waals surface area contributed by atoms with Crippen molar-refractivity contribution in [1.82, 2.24) is 4.90 Å². The Morgan fingerprint density at radius 1 is 1.27 bits per heavy atom. The normalized spacial score (nSPS) is 17.9. The molecule has 1 fully saturated rings. The fourth-order valence-electron chi connectivity index (χ4n) is 2.57. The highest BCUT2D eigenvalue weighted by atomic mass is 16.5. The predicted molar refractivity (Wildman–Crippen MR) is 82.9 cm³/mol. The van der Waals surface area contributed by atoms with Crippen LogP contribution in [0.5, 0.6) is 5.75 Å². The summed E-state index contributed by atoms with van der Waals surface area (Å²) >= 11 is 0. The van der Waals surface area contributed by atoms with Gasteiger partial charge < -0.3 is 14.4 Å². The summed E-state index contributed by atoms with van der Waals surface area (Å²) in [6.45, 7) is 5.91. The highest BCUT2D eigenvalue weighted by Gasteiger charge is 2.22. The van der Waals surface area contributed by atoms with Crippen LogP contribution in [0.25, 0.3) is 0 Å². The number of carbonyl (C=O) groups excluding carboxylic acids is 2. The van der Waals surface area contributed by atoms with E-state index in [4.69, 9.17) is 9.47 Å². The summed E-state index contributed by atoms with van der Waals surface area (Å²) in [7, 11) is 0. The van der Waals surface area contributed by atoms with E-state index in [1.807, 2.05) is 6.92 Å². The zero-order chi connectivity index (χ0) is 15.9. The third-order valence-corrected chi connectivity index (χ3v) is 3.74. The van der Waals surface area contributed by atoms with Crippen molar-refractivity contribution >= 4 is 11.9 Å². The highest BCUT2D eigenvalue weighted by molar-refractivity contribution is 5.91. The first-order valence-corrected chi connectivity index (χ1v) is 7.78. The number of hydrogen-bond acceptors (Lipinski definition) is 4. The van der Waals surface area contributed by atoms with Crippen LogP contribution in [-0.4, -0.2) is 43.1 Å². The lowest BCUT2D eigenvalue weighted by atomic mass is 10.0. The molecule has 0 radical (unpaired) electrons. The van der Waals surface area contributed by atoms with Crippen molar-refractivity contribution in [3.8, 4) is 5.75 Å². The molecule has 0 saturated carbocycles. The number of likely N-dealkylation sites (tertiary alicyclic amines) is 1. The zero-order valence-electron chi connectivity index (χ0n) is 13.2. The molecule has 1 atom stereocenters. The molecule has 0 aromatic heterocycles. The summed E-state index contributed by atoms with van der Waals surface area (Å²) in [5.74, 6) is 0.615. The molecule has 0 aliphatic carbocycles. The SMILES string of the molecule is CCOc1ccc(C(=O)OCC(=O)N2CCCC(C)C2)cc1. The molecule has 5 heteroatoms. The van der Waals surface area contributed by atoms with Gasteiger partial charge in [-0.25, -0.2) is 4.79 Å². The molecule has 1 amide bonds. The van der Waals surface area contributed by atoms with Gasteiger partial charge in [-0.05, 0) is 49.9 Å². The molecule has 0 N–H and O–H groups in total. The van der Waals surface area contributed by atoms with Gasteiger partial charge in [-0.15, -0.1) is 0 Å². The molecule has 1 heterocycles. The number of carbonyl (C=O) groups is 2. The van der Waals surface area contributed by atoms with Gasteiger partial charge in [0.25, 0.3) is 5.91 Å². The third kappa shape index (κ3) is 4.48. The van der Waals surface area contributed by atoms with Crippen molar-refractivity contribution in [2.45, 2.75) is 26.7 Å². The smallest absolute Gasteiger partial charge is 0.338 e. The molecule has 22 heavy (non-hydrogen) atoms. The van der Waals surface area contributed by atoms with Crippen LogP contribution in [0.1, 0.15) is 37.0 Å². The van der Waals surface area contributed by atoms with Gasteiger partial charge >= 0.3 is 5.97 Å². The molecule has 1 saturated heterocycles. The predicted octanol–water partition coefficient (Wildman–Crippen LogP) is 2.50. The van der Waals surface area contributed by atoms with E-state index in [1.54, 1.807) is 29.2 Å². The number of nitrogens with zero attached hydrogens (tertiary/aromatic N) is 1. The molecule has 120 valence electrons. The van der Waals surface area contributed by atoms with Crippen LogP contribution in [-0.2, 0) is 9.53 Å². The average Bonchev–Trinajstić information content (AvgIpc) is 2.53. The molecular weight excluding hydrogens is 282 g/mol. The summed E-state index contributed by atoms with van der Waals surface area (Å²) < 4.78 is 10.4. The van der Waals surface area contributed by atoms with Gasteiger partial charge in [-0.2, -0.15) is 0 Å². The quantitative estimate of drug-likeness (QED) is 0.784. The second-order valence-corrected chi connectivity index (χ2v) is 5.62. The first kappa shape index (κ1) is 16.3. The van der Waals surface area contributed by atoms with Crippen LogP contribution in [0, 0.1) is 5.92 Å². The summed E-state index contributed by atoms with van der Waals surface area (Å²) in [6.07, 6.45) is 2.16. The fraction of sp³-hybridized carbons (Fsp3) is 0.529. The number of ether oxygens (including phenoxy) is 2. The topological polar surface area (TPSA) is 55.8 Å². The Hall–Kier alpha value is -2.04. The van der Waals surface area contributed by atoms with Crippen LogP contribution in [0.2, 0.25) is 0 Å². The van der Waals surface area contributed by atoms with Gasteiger partial charge in [0.15, 0.2) is 6.61 Å². The molecule has 0 spiro atoms. The Morgan fingerprint density at radius 3 is 2.64 bits per heavy atom. The van der Waals surface area contributed by atoms with Crippen molar-refractivity contribution in [2.75, 3.05) is 26.3 Å². The molecule has 1 aliphatic rings. The molecule has 1 aromatic rings. The van der Waals surface area contributed by atoms with E-state index < -0.39 is 5.97 Å². The number of piperidine rings is 1. The van der Waals surface area contributed by atoms with Gasteiger partial charge in [0.05, 0.1) is 12.2 Å². The average molecular weight is 305 g/mol. The molecule has 2 rings (SSSR count). The minimum absolute atomic E-state index is 0.120. The van der Waals surface area contributed by atoms with E-state index in [2.05, 4.69) is 6.92 Å².